The van der Waals surface area contributed by atoms with Gasteiger partial charge in [0.25, 0.3) is 0 Å². The van der Waals surface area contributed by atoms with E-state index in [0.717, 1.165) is 19.3 Å². The number of carboxylic acid groups (broad SMARTS) is 1. The number of carboxylic acids is 1. The number of carbonyl (C=O) groups is 3. The smallest absolute Gasteiger partial charge is 0.308 e. The second-order valence-corrected chi connectivity index (χ2v) is 6.85. The Bertz CT molecular complexity index is 473. The minimum Gasteiger partial charge on any atom is -0.481 e. The van der Waals surface area contributed by atoms with Crippen molar-refractivity contribution in [3.05, 3.63) is 0 Å². The fourth-order valence-corrected chi connectivity index (χ4v) is 4.10. The molecule has 0 spiro atoms. The van der Waals surface area contributed by atoms with Gasteiger partial charge in [-0.05, 0) is 25.7 Å². The Hall–Kier alpha value is -1.59. The van der Waals surface area contributed by atoms with Crippen LogP contribution in [0.3, 0.4) is 0 Å². The molecule has 1 N–H and O–H groups in total. The Balaban J connectivity index is 1.60. The summed E-state index contributed by atoms with van der Waals surface area (Å²) in [5.74, 6) is -1.49. The van der Waals surface area contributed by atoms with Crippen LogP contribution in [0.5, 0.6) is 0 Å². The van der Waals surface area contributed by atoms with E-state index in [9.17, 15) is 14.4 Å². The van der Waals surface area contributed by atoms with Crippen LogP contribution < -0.4 is 0 Å². The second-order valence-electron chi connectivity index (χ2n) is 6.85. The Labute approximate surface area is 130 Å². The molecule has 6 nitrogen and oxygen atoms in total. The van der Waals surface area contributed by atoms with Crippen molar-refractivity contribution in [3.63, 3.8) is 0 Å². The van der Waals surface area contributed by atoms with Gasteiger partial charge in [-0.25, -0.2) is 0 Å². The highest BCUT2D eigenvalue weighted by Crippen LogP contribution is 2.31. The van der Waals surface area contributed by atoms with Gasteiger partial charge in [0, 0.05) is 32.1 Å². The van der Waals surface area contributed by atoms with E-state index >= 15 is 0 Å². The fourth-order valence-electron chi connectivity index (χ4n) is 4.10. The molecule has 3 aliphatic rings. The predicted molar refractivity (Wildman–Crippen MR) is 79.0 cm³/mol. The summed E-state index contributed by atoms with van der Waals surface area (Å²) in [6.45, 7) is 1.44. The van der Waals surface area contributed by atoms with Crippen molar-refractivity contribution in [2.75, 3.05) is 19.6 Å². The predicted octanol–water partition coefficient (Wildman–Crippen LogP) is 1.10. The lowest BCUT2D eigenvalue weighted by Gasteiger charge is -2.32. The summed E-state index contributed by atoms with van der Waals surface area (Å²) in [6, 6.07) is 0.318. The summed E-state index contributed by atoms with van der Waals surface area (Å²) in [4.78, 5) is 39.5. The minimum atomic E-state index is -0.826. The Morgan fingerprint density at radius 2 is 1.73 bits per heavy atom. The number of hydrogen-bond acceptors (Lipinski definition) is 3. The molecule has 0 aromatic carbocycles. The standard InChI is InChI=1S/C16H24N2O4/c19-14-8-12(10-18(14)13-5-1-2-6-13)15(20)17-7-3-4-11(9-17)16(21)22/h11-13H,1-10H2,(H,21,22)/t11-,12+/m0/s1. The third-order valence-electron chi connectivity index (χ3n) is 5.36. The van der Waals surface area contributed by atoms with Gasteiger partial charge in [0.05, 0.1) is 11.8 Å². The Morgan fingerprint density at radius 3 is 2.41 bits per heavy atom. The molecule has 2 amide bonds. The average Bonchev–Trinajstić information content (AvgIpc) is 3.15. The van der Waals surface area contributed by atoms with Crippen LogP contribution in [0, 0.1) is 11.8 Å². The molecular formula is C16H24N2O4. The van der Waals surface area contributed by atoms with Crippen molar-refractivity contribution in [2.45, 2.75) is 51.0 Å². The first-order valence-corrected chi connectivity index (χ1v) is 8.37. The van der Waals surface area contributed by atoms with Gasteiger partial charge in [0.15, 0.2) is 0 Å². The first-order chi connectivity index (χ1) is 10.6. The van der Waals surface area contributed by atoms with E-state index in [4.69, 9.17) is 5.11 Å². The van der Waals surface area contributed by atoms with Gasteiger partial charge in [-0.1, -0.05) is 12.8 Å². The molecule has 3 rings (SSSR count). The number of piperidine rings is 1. The zero-order valence-corrected chi connectivity index (χ0v) is 12.9. The second kappa shape index (κ2) is 6.26. The van der Waals surface area contributed by atoms with Gasteiger partial charge < -0.3 is 14.9 Å². The minimum absolute atomic E-state index is 0.0280. The maximum Gasteiger partial charge on any atom is 0.308 e. The lowest BCUT2D eigenvalue weighted by Crippen LogP contribution is -2.45. The molecule has 0 radical (unpaired) electrons. The van der Waals surface area contributed by atoms with E-state index in [1.807, 2.05) is 4.90 Å². The van der Waals surface area contributed by atoms with E-state index in [0.29, 0.717) is 38.5 Å². The van der Waals surface area contributed by atoms with E-state index in [1.165, 1.54) is 12.8 Å². The number of amides is 2. The molecule has 0 aromatic heterocycles. The average molecular weight is 308 g/mol. The molecule has 122 valence electrons. The molecule has 3 fully saturated rings. The highest BCUT2D eigenvalue weighted by Gasteiger charge is 2.41. The van der Waals surface area contributed by atoms with Crippen molar-refractivity contribution >= 4 is 17.8 Å². The molecule has 1 aliphatic carbocycles. The van der Waals surface area contributed by atoms with Gasteiger partial charge in [-0.15, -0.1) is 0 Å². The molecular weight excluding hydrogens is 284 g/mol. The van der Waals surface area contributed by atoms with Crippen LogP contribution in [0.25, 0.3) is 0 Å². The first-order valence-electron chi connectivity index (χ1n) is 8.37. The zero-order chi connectivity index (χ0) is 15.7. The number of aliphatic carboxylic acids is 1. The molecule has 0 aromatic rings. The van der Waals surface area contributed by atoms with Gasteiger partial charge >= 0.3 is 5.97 Å². The SMILES string of the molecule is O=C(O)[C@H]1CCCN(C(=O)[C@@H]2CC(=O)N(C3CCCC3)C2)C1. The van der Waals surface area contributed by atoms with Crippen molar-refractivity contribution in [3.8, 4) is 0 Å². The van der Waals surface area contributed by atoms with Crippen molar-refractivity contribution in [1.29, 1.82) is 0 Å². The maximum atomic E-state index is 12.6. The van der Waals surface area contributed by atoms with Crippen molar-refractivity contribution < 1.29 is 19.5 Å². The number of carbonyl (C=O) groups excluding carboxylic acids is 2. The van der Waals surface area contributed by atoms with Crippen LogP contribution in [0.15, 0.2) is 0 Å². The highest BCUT2D eigenvalue weighted by atomic mass is 16.4. The summed E-state index contributed by atoms with van der Waals surface area (Å²) < 4.78 is 0. The molecule has 2 atom stereocenters. The van der Waals surface area contributed by atoms with Gasteiger partial charge in [0.2, 0.25) is 11.8 Å². The molecule has 2 heterocycles. The lowest BCUT2D eigenvalue weighted by atomic mass is 9.96. The Morgan fingerprint density at radius 1 is 1.00 bits per heavy atom. The topological polar surface area (TPSA) is 77.9 Å². The molecule has 0 bridgehead atoms. The van der Waals surface area contributed by atoms with Crippen LogP contribution in [0.2, 0.25) is 0 Å². The van der Waals surface area contributed by atoms with Gasteiger partial charge in [-0.3, -0.25) is 14.4 Å². The molecule has 0 unspecified atom stereocenters. The van der Waals surface area contributed by atoms with Crippen LogP contribution >= 0.6 is 0 Å². The molecule has 2 saturated heterocycles. The van der Waals surface area contributed by atoms with Crippen LogP contribution in [0.1, 0.15) is 44.9 Å². The maximum absolute atomic E-state index is 12.6. The zero-order valence-electron chi connectivity index (χ0n) is 12.9. The molecule has 2 aliphatic heterocycles. The van der Waals surface area contributed by atoms with E-state index < -0.39 is 11.9 Å². The summed E-state index contributed by atoms with van der Waals surface area (Å²) in [5.41, 5.74) is 0. The summed E-state index contributed by atoms with van der Waals surface area (Å²) in [5, 5.41) is 9.13. The Kier molecular flexibility index (Phi) is 4.36. The lowest BCUT2D eigenvalue weighted by molar-refractivity contribution is -0.146. The van der Waals surface area contributed by atoms with Gasteiger partial charge in [-0.2, -0.15) is 0 Å². The number of rotatable bonds is 3. The summed E-state index contributed by atoms with van der Waals surface area (Å²) in [7, 11) is 0. The van der Waals surface area contributed by atoms with Crippen LogP contribution in [-0.4, -0.2) is 58.4 Å². The van der Waals surface area contributed by atoms with Crippen molar-refractivity contribution in [2.24, 2.45) is 11.8 Å². The number of likely N-dealkylation sites (tertiary alicyclic amines) is 2. The molecule has 22 heavy (non-hydrogen) atoms. The van der Waals surface area contributed by atoms with Gasteiger partial charge in [0.1, 0.15) is 0 Å². The third-order valence-corrected chi connectivity index (χ3v) is 5.36. The van der Waals surface area contributed by atoms with E-state index in [1.54, 1.807) is 4.90 Å². The normalized spacial score (nSPS) is 30.1. The van der Waals surface area contributed by atoms with Crippen LogP contribution in [-0.2, 0) is 14.4 Å². The summed E-state index contributed by atoms with van der Waals surface area (Å²) >= 11 is 0. The monoisotopic (exact) mass is 308 g/mol. The van der Waals surface area contributed by atoms with Crippen LogP contribution in [0.4, 0.5) is 0 Å². The molecule has 6 heteroatoms. The first kappa shape index (κ1) is 15.3. The van der Waals surface area contributed by atoms with E-state index in [2.05, 4.69) is 0 Å². The number of hydrogen-bond donors (Lipinski definition) is 1. The quantitative estimate of drug-likeness (QED) is 0.847. The third kappa shape index (κ3) is 2.96. The summed E-state index contributed by atoms with van der Waals surface area (Å²) in [6.07, 6.45) is 6.10. The largest absolute Gasteiger partial charge is 0.481 e. The molecule has 1 saturated carbocycles. The fraction of sp³-hybridized carbons (Fsp3) is 0.812. The van der Waals surface area contributed by atoms with Crippen molar-refractivity contribution in [1.82, 2.24) is 9.80 Å². The highest BCUT2D eigenvalue weighted by molar-refractivity contribution is 5.89. The number of nitrogens with zero attached hydrogens (tertiary/aromatic N) is 2. The van der Waals surface area contributed by atoms with E-state index in [-0.39, 0.29) is 17.7 Å².